The monoisotopic (exact) mass is 373 g/mol. The smallest absolute Gasteiger partial charge is 0.313 e. The fourth-order valence-electron chi connectivity index (χ4n) is 1.67. The fraction of sp³-hybridized carbons (Fsp3) is 0.167. The lowest BCUT2D eigenvalue weighted by molar-refractivity contribution is -0.123. The third-order valence-corrected chi connectivity index (χ3v) is 3.54. The van der Waals surface area contributed by atoms with Crippen molar-refractivity contribution in [1.82, 2.24) is 0 Å². The first-order valence-electron chi connectivity index (χ1n) is 13.4. The van der Waals surface area contributed by atoms with Crippen LogP contribution < -0.4 is 5.72 Å². The van der Waals surface area contributed by atoms with E-state index in [-0.39, 0.29) is 5.56 Å². The summed E-state index contributed by atoms with van der Waals surface area (Å²) in [6, 6.07) is -8.84. The molecular formula is C18H17NO5S. The average Bonchev–Trinajstić information content (AvgIpc) is 3.09. The van der Waals surface area contributed by atoms with Gasteiger partial charge in [0.2, 0.25) is 17.4 Å². The van der Waals surface area contributed by atoms with Gasteiger partial charge in [-0.25, -0.2) is 0 Å². The topological polar surface area (TPSA) is 95.7 Å². The molecule has 0 radical (unpaired) electrons. The number of carbonyl (C=O) groups excluding carboxylic acids is 1. The Morgan fingerprint density at radius 1 is 1.28 bits per heavy atom. The van der Waals surface area contributed by atoms with Crippen molar-refractivity contribution in [3.8, 4) is 0 Å². The molecule has 0 spiro atoms. The molecule has 2 aromatic carbocycles. The second-order valence-corrected chi connectivity index (χ2v) is 5.81. The van der Waals surface area contributed by atoms with E-state index in [4.69, 9.17) is 24.0 Å². The van der Waals surface area contributed by atoms with Crippen molar-refractivity contribution < 1.29 is 41.4 Å². The molecule has 0 saturated heterocycles. The Labute approximate surface area is 165 Å². The highest BCUT2D eigenvalue weighted by Gasteiger charge is 2.39. The third kappa shape index (κ3) is 3.83. The summed E-state index contributed by atoms with van der Waals surface area (Å²) in [6.45, 7) is 1.22. The predicted octanol–water partition coefficient (Wildman–Crippen LogP) is 2.31. The molecule has 0 saturated carbocycles. The zero-order chi connectivity index (χ0) is 30.2. The minimum absolute atomic E-state index is 0.163. The van der Waals surface area contributed by atoms with Crippen LogP contribution in [0.2, 0.25) is 2.82 Å². The molecule has 130 valence electrons. The van der Waals surface area contributed by atoms with E-state index < -0.39 is 111 Å². The summed E-state index contributed by atoms with van der Waals surface area (Å²) >= 11 is 0. The maximum absolute atomic E-state index is 13.3. The first kappa shape index (κ1) is 6.84. The molecule has 1 aliphatic heterocycles. The van der Waals surface area contributed by atoms with Crippen molar-refractivity contribution in [2.75, 3.05) is 0 Å². The molecule has 2 N–H and O–H groups in total. The Bertz CT molecular complexity index is 1520. The lowest BCUT2D eigenvalue weighted by Crippen LogP contribution is -2.16. The Kier molecular flexibility index (Phi) is 1.81. The van der Waals surface area contributed by atoms with Crippen LogP contribution >= 0.6 is 0 Å². The van der Waals surface area contributed by atoms with Crippen LogP contribution in [0, 0.1) is 6.92 Å². The Morgan fingerprint density at radius 3 is 2.60 bits per heavy atom. The van der Waals surface area contributed by atoms with Crippen LogP contribution in [-0.2, 0) is 29.5 Å². The van der Waals surface area contributed by atoms with Crippen LogP contribution in [0.15, 0.2) is 66.0 Å². The number of hydrogen-bond acceptors (Lipinski definition) is 6. The van der Waals surface area contributed by atoms with Gasteiger partial charge in [0.1, 0.15) is 5.70 Å². The maximum Gasteiger partial charge on any atom is 0.313 e. The molecule has 1 heterocycles. The molecule has 1 aliphatic rings. The van der Waals surface area contributed by atoms with Gasteiger partial charge < -0.3 is 14.6 Å². The largest absolute Gasteiger partial charge is 0.460 e. The molecule has 0 bridgehead atoms. The molecule has 7 heteroatoms. The Morgan fingerprint density at radius 2 is 1.96 bits per heavy atom. The summed E-state index contributed by atoms with van der Waals surface area (Å²) in [7, 11) is -5.90. The number of ether oxygens (including phenoxy) is 1. The molecule has 0 unspecified atom stereocenters. The number of hydrogen-bond donors (Lipinski definition) is 1. The van der Waals surface area contributed by atoms with Gasteiger partial charge in [0.15, 0.2) is 8.90 Å². The number of Topliss-reactive ketones (excluding diaryl/α,β-unsaturated/α-hetero) is 1. The minimum atomic E-state index is -5.90. The second-order valence-electron chi connectivity index (χ2n) is 4.53. The van der Waals surface area contributed by atoms with Crippen molar-refractivity contribution >= 4 is 15.9 Å². The zero-order valence-corrected chi connectivity index (χ0v) is 13.2. The second kappa shape index (κ2) is 6.60. The molecule has 0 amide bonds. The van der Waals surface area contributed by atoms with E-state index in [0.29, 0.717) is 0 Å². The third-order valence-electron chi connectivity index (χ3n) is 2.70. The summed E-state index contributed by atoms with van der Waals surface area (Å²) in [5, 5.41) is 0. The van der Waals surface area contributed by atoms with E-state index in [2.05, 4.69) is 4.18 Å². The molecule has 25 heavy (non-hydrogen) atoms. The standard InChI is InChI=1S/C18H17NO5S/c1-12-7-9-14(10-8-12)16-15(20)17(18(19)23-16)24-25(21,22)11-13-5-3-2-4-6-13/h2-10,16H,11,19H2,1H3/t16-/m1/s1/i2D,3D,4D,5D,6D,7D,8D,9D,10D,11D2,16D/hD2. The molecule has 0 fully saturated rings. The molecule has 0 aliphatic carbocycles. The van der Waals surface area contributed by atoms with Crippen LogP contribution in [-0.4, -0.2) is 14.2 Å². The van der Waals surface area contributed by atoms with E-state index in [1.165, 1.54) is 6.92 Å². The van der Waals surface area contributed by atoms with Gasteiger partial charge in [-0.15, -0.1) is 0 Å². The summed E-state index contributed by atoms with van der Waals surface area (Å²) in [5.74, 6) is -4.90. The van der Waals surface area contributed by atoms with E-state index in [9.17, 15) is 13.2 Å². The summed E-state index contributed by atoms with van der Waals surface area (Å²) < 4.78 is 146. The van der Waals surface area contributed by atoms with Crippen LogP contribution in [0.4, 0.5) is 0 Å². The van der Waals surface area contributed by atoms with Gasteiger partial charge in [-0.1, -0.05) is 59.9 Å². The average molecular weight is 373 g/mol. The quantitative estimate of drug-likeness (QED) is 0.781. The van der Waals surface area contributed by atoms with Crippen molar-refractivity contribution in [2.24, 2.45) is 5.72 Å². The SMILES string of the molecule is [2H]c1c([2H])c([2H])c(C([2H])([2H])S(=O)(=O)OC2=C(N([2H])[2H])O[C@]([2H])(c3c([2H])c([2H])c(C)c([2H])c3[2H])C2=O)c([2H])c1[2H]. The molecule has 6 nitrogen and oxygen atoms in total. The minimum Gasteiger partial charge on any atom is -0.460 e. The zero-order valence-electron chi connectivity index (χ0n) is 26.4. The van der Waals surface area contributed by atoms with Gasteiger partial charge in [-0.2, -0.15) is 8.42 Å². The Hall–Kier alpha value is -2.80. The van der Waals surface area contributed by atoms with Crippen LogP contribution in [0.25, 0.3) is 0 Å². The number of ketones is 1. The first-order valence-corrected chi connectivity index (χ1v) is 7.90. The van der Waals surface area contributed by atoms with E-state index >= 15 is 0 Å². The molecule has 1 atom stereocenters. The summed E-state index contributed by atoms with van der Waals surface area (Å²) in [6.07, 6.45) is -3.32. The van der Waals surface area contributed by atoms with Gasteiger partial charge in [-0.3, -0.25) is 4.79 Å². The predicted molar refractivity (Wildman–Crippen MR) is 91.4 cm³/mol. The summed E-state index contributed by atoms with van der Waals surface area (Å²) in [5.41, 5.74) is -7.04. The van der Waals surface area contributed by atoms with Crippen molar-refractivity contribution in [1.29, 1.82) is 0 Å². The highest BCUT2D eigenvalue weighted by molar-refractivity contribution is 7.86. The van der Waals surface area contributed by atoms with Crippen molar-refractivity contribution in [2.45, 2.75) is 18.7 Å². The normalized spacial score (nSPS) is 28.8. The van der Waals surface area contributed by atoms with E-state index in [0.717, 1.165) is 0 Å². The Balaban J connectivity index is 2.21. The fourth-order valence-corrected chi connectivity index (χ4v) is 2.43. The van der Waals surface area contributed by atoms with Crippen LogP contribution in [0.5, 0.6) is 0 Å². The summed E-state index contributed by atoms with van der Waals surface area (Å²) in [4.78, 5) is 13.3. The highest BCUT2D eigenvalue weighted by Crippen LogP contribution is 2.32. The number of nitrogens with two attached hydrogens (primary N) is 1. The van der Waals surface area contributed by atoms with Crippen molar-refractivity contribution in [3.05, 3.63) is 82.7 Å². The first-order chi connectivity index (χ1) is 17.6. The number of rotatable bonds is 6. The molecule has 0 aromatic heterocycles. The van der Waals surface area contributed by atoms with Crippen LogP contribution in [0.1, 0.15) is 39.2 Å². The lowest BCUT2D eigenvalue weighted by atomic mass is 10.0. The molecule has 2 aromatic rings. The maximum atomic E-state index is 13.3. The highest BCUT2D eigenvalue weighted by atomic mass is 32.2. The van der Waals surface area contributed by atoms with Gasteiger partial charge in [-0.05, 0) is 12.5 Å². The lowest BCUT2D eigenvalue weighted by Gasteiger charge is -2.10. The number of benzene rings is 2. The number of carbonyl (C=O) groups is 1. The van der Waals surface area contributed by atoms with Crippen molar-refractivity contribution in [3.63, 3.8) is 0 Å². The van der Waals surface area contributed by atoms with Gasteiger partial charge in [0.05, 0.1) is 16.4 Å². The van der Waals surface area contributed by atoms with E-state index in [1.54, 1.807) is 0 Å². The molecular weight excluding hydrogens is 342 g/mol. The van der Waals surface area contributed by atoms with E-state index in [1.807, 2.05) is 0 Å². The van der Waals surface area contributed by atoms with Gasteiger partial charge >= 0.3 is 10.1 Å². The van der Waals surface area contributed by atoms with Gasteiger partial charge in [0.25, 0.3) is 0 Å². The van der Waals surface area contributed by atoms with Gasteiger partial charge in [0, 0.05) is 5.56 Å². The molecule has 3 rings (SSSR count). The van der Waals surface area contributed by atoms with Crippen LogP contribution in [0.3, 0.4) is 0 Å².